The Hall–Kier alpha value is -3.15. The number of hydrogen-bond donors (Lipinski definition) is 1. The number of amides is 1. The molecule has 0 aliphatic carbocycles. The van der Waals surface area contributed by atoms with Gasteiger partial charge in [0.25, 0.3) is 5.91 Å². The average Bonchev–Trinajstić information content (AvgIpc) is 2.71. The molecule has 2 aromatic rings. The summed E-state index contributed by atoms with van der Waals surface area (Å²) in [5.74, 6) is -0.649. The molecule has 6 nitrogen and oxygen atoms in total. The Kier molecular flexibility index (Phi) is 7.75. The number of para-hydroxylation sites is 1. The van der Waals surface area contributed by atoms with Crippen molar-refractivity contribution in [3.8, 4) is 5.75 Å². The van der Waals surface area contributed by atoms with Crippen LogP contribution in [0.5, 0.6) is 5.75 Å². The normalized spacial score (nSPS) is 10.2. The van der Waals surface area contributed by atoms with Gasteiger partial charge in [0.05, 0.1) is 0 Å². The fourth-order valence-corrected chi connectivity index (χ4v) is 2.69. The SMILES string of the molecule is CCc1cccc(CC)c1NC(=O)COC(=O)COc1ccc(C(C)=O)cc1. The predicted molar refractivity (Wildman–Crippen MR) is 107 cm³/mol. The number of esters is 1. The minimum Gasteiger partial charge on any atom is -0.482 e. The van der Waals surface area contributed by atoms with Crippen LogP contribution in [0.15, 0.2) is 42.5 Å². The van der Waals surface area contributed by atoms with Crippen molar-refractivity contribution < 1.29 is 23.9 Å². The summed E-state index contributed by atoms with van der Waals surface area (Å²) < 4.78 is 10.3. The lowest BCUT2D eigenvalue weighted by atomic mass is 10.0. The number of nitrogens with one attached hydrogen (secondary N) is 1. The Morgan fingerprint density at radius 1 is 0.893 bits per heavy atom. The highest BCUT2D eigenvalue weighted by Gasteiger charge is 2.13. The molecular weight excluding hydrogens is 358 g/mol. The van der Waals surface area contributed by atoms with E-state index in [4.69, 9.17) is 9.47 Å². The fraction of sp³-hybridized carbons (Fsp3) is 0.318. The van der Waals surface area contributed by atoms with Crippen molar-refractivity contribution in [2.75, 3.05) is 18.5 Å². The maximum atomic E-state index is 12.2. The molecule has 28 heavy (non-hydrogen) atoms. The molecule has 0 radical (unpaired) electrons. The topological polar surface area (TPSA) is 81.7 Å². The van der Waals surface area contributed by atoms with E-state index in [1.54, 1.807) is 24.3 Å². The summed E-state index contributed by atoms with van der Waals surface area (Å²) in [5.41, 5.74) is 3.42. The molecule has 1 N–H and O–H groups in total. The van der Waals surface area contributed by atoms with Gasteiger partial charge in [-0.25, -0.2) is 4.79 Å². The monoisotopic (exact) mass is 383 g/mol. The van der Waals surface area contributed by atoms with E-state index in [9.17, 15) is 14.4 Å². The van der Waals surface area contributed by atoms with Gasteiger partial charge in [-0.15, -0.1) is 0 Å². The number of rotatable bonds is 9. The van der Waals surface area contributed by atoms with Gasteiger partial charge in [-0.1, -0.05) is 32.0 Å². The van der Waals surface area contributed by atoms with E-state index < -0.39 is 11.9 Å². The summed E-state index contributed by atoms with van der Waals surface area (Å²) in [6, 6.07) is 12.3. The van der Waals surface area contributed by atoms with Gasteiger partial charge in [0.2, 0.25) is 0 Å². The Balaban J connectivity index is 1.83. The van der Waals surface area contributed by atoms with Crippen LogP contribution in [-0.4, -0.2) is 30.9 Å². The van der Waals surface area contributed by atoms with Gasteiger partial charge in [-0.05, 0) is 55.2 Å². The molecule has 6 heteroatoms. The third kappa shape index (κ3) is 5.94. The molecule has 0 unspecified atom stereocenters. The van der Waals surface area contributed by atoms with Crippen LogP contribution in [0.2, 0.25) is 0 Å². The Morgan fingerprint density at radius 3 is 2.04 bits per heavy atom. The third-order valence-corrected chi connectivity index (χ3v) is 4.25. The molecule has 2 rings (SSSR count). The van der Waals surface area contributed by atoms with Crippen LogP contribution in [0.4, 0.5) is 5.69 Å². The van der Waals surface area contributed by atoms with Crippen LogP contribution in [-0.2, 0) is 27.2 Å². The van der Waals surface area contributed by atoms with Gasteiger partial charge in [0.15, 0.2) is 19.0 Å². The summed E-state index contributed by atoms with van der Waals surface area (Å²) in [6.07, 6.45) is 1.58. The molecular formula is C22H25NO5. The first-order valence-electron chi connectivity index (χ1n) is 9.24. The lowest BCUT2D eigenvalue weighted by Crippen LogP contribution is -2.24. The second kappa shape index (κ2) is 10.3. The van der Waals surface area contributed by atoms with Crippen molar-refractivity contribution in [1.82, 2.24) is 0 Å². The van der Waals surface area contributed by atoms with Crippen LogP contribution < -0.4 is 10.1 Å². The van der Waals surface area contributed by atoms with Crippen molar-refractivity contribution in [2.45, 2.75) is 33.6 Å². The van der Waals surface area contributed by atoms with Crippen LogP contribution >= 0.6 is 0 Å². The third-order valence-electron chi connectivity index (χ3n) is 4.25. The van der Waals surface area contributed by atoms with Crippen molar-refractivity contribution in [3.05, 3.63) is 59.2 Å². The van der Waals surface area contributed by atoms with Gasteiger partial charge in [0.1, 0.15) is 5.75 Å². The molecule has 0 atom stereocenters. The summed E-state index contributed by atoms with van der Waals surface area (Å²) in [7, 11) is 0. The Morgan fingerprint density at radius 2 is 1.50 bits per heavy atom. The molecule has 0 aromatic heterocycles. The summed E-state index contributed by atoms with van der Waals surface area (Å²) >= 11 is 0. The molecule has 0 bridgehead atoms. The minimum atomic E-state index is -0.648. The lowest BCUT2D eigenvalue weighted by molar-refractivity contribution is -0.149. The van der Waals surface area contributed by atoms with E-state index in [1.165, 1.54) is 6.92 Å². The molecule has 1 amide bonds. The van der Waals surface area contributed by atoms with Gasteiger partial charge in [0, 0.05) is 11.3 Å². The first-order chi connectivity index (χ1) is 13.4. The van der Waals surface area contributed by atoms with Crippen molar-refractivity contribution >= 4 is 23.3 Å². The van der Waals surface area contributed by atoms with Gasteiger partial charge >= 0.3 is 5.97 Å². The molecule has 0 fully saturated rings. The first-order valence-corrected chi connectivity index (χ1v) is 9.24. The number of ether oxygens (including phenoxy) is 2. The number of carbonyl (C=O) groups excluding carboxylic acids is 3. The summed E-state index contributed by atoms with van der Waals surface area (Å²) in [4.78, 5) is 35.2. The highest BCUT2D eigenvalue weighted by molar-refractivity contribution is 5.94. The molecule has 0 spiro atoms. The predicted octanol–water partition coefficient (Wildman–Crippen LogP) is 3.57. The summed E-state index contributed by atoms with van der Waals surface area (Å²) in [6.45, 7) is 4.81. The van der Waals surface area contributed by atoms with Crippen molar-refractivity contribution in [3.63, 3.8) is 0 Å². The number of carbonyl (C=O) groups is 3. The molecule has 148 valence electrons. The maximum Gasteiger partial charge on any atom is 0.344 e. The second-order valence-electron chi connectivity index (χ2n) is 6.24. The van der Waals surface area contributed by atoms with Crippen molar-refractivity contribution in [2.24, 2.45) is 0 Å². The Bertz CT molecular complexity index is 820. The molecule has 0 saturated carbocycles. The van der Waals surface area contributed by atoms with E-state index in [-0.39, 0.29) is 19.0 Å². The molecule has 2 aromatic carbocycles. The molecule has 0 saturated heterocycles. The lowest BCUT2D eigenvalue weighted by Gasteiger charge is -2.14. The number of ketones is 1. The van der Waals surface area contributed by atoms with Crippen LogP contribution in [0.25, 0.3) is 0 Å². The maximum absolute atomic E-state index is 12.2. The van der Waals surface area contributed by atoms with E-state index in [0.29, 0.717) is 11.3 Å². The largest absolute Gasteiger partial charge is 0.482 e. The van der Waals surface area contributed by atoms with E-state index >= 15 is 0 Å². The smallest absolute Gasteiger partial charge is 0.344 e. The molecule has 0 aliphatic rings. The number of hydrogen-bond acceptors (Lipinski definition) is 5. The van der Waals surface area contributed by atoms with Gasteiger partial charge in [-0.3, -0.25) is 9.59 Å². The first kappa shape index (κ1) is 21.2. The van der Waals surface area contributed by atoms with E-state index in [0.717, 1.165) is 29.7 Å². The number of benzene rings is 2. The van der Waals surface area contributed by atoms with Crippen LogP contribution in [0.1, 0.15) is 42.3 Å². The van der Waals surface area contributed by atoms with Crippen LogP contribution in [0.3, 0.4) is 0 Å². The second-order valence-corrected chi connectivity index (χ2v) is 6.24. The standard InChI is InChI=1S/C22H25NO5/c1-4-16-7-6-8-17(5-2)22(16)23-20(25)13-28-21(26)14-27-19-11-9-18(10-12-19)15(3)24/h6-12H,4-5,13-14H2,1-3H3,(H,23,25). The fourth-order valence-electron chi connectivity index (χ4n) is 2.69. The zero-order valence-corrected chi connectivity index (χ0v) is 16.4. The zero-order chi connectivity index (χ0) is 20.5. The minimum absolute atomic E-state index is 0.0483. The highest BCUT2D eigenvalue weighted by Crippen LogP contribution is 2.22. The Labute approximate surface area is 164 Å². The quantitative estimate of drug-likeness (QED) is 0.529. The van der Waals surface area contributed by atoms with E-state index in [2.05, 4.69) is 5.32 Å². The van der Waals surface area contributed by atoms with E-state index in [1.807, 2.05) is 32.0 Å². The summed E-state index contributed by atoms with van der Waals surface area (Å²) in [5, 5.41) is 2.84. The van der Waals surface area contributed by atoms with Crippen molar-refractivity contribution in [1.29, 1.82) is 0 Å². The number of aryl methyl sites for hydroxylation is 2. The number of Topliss-reactive ketones (excluding diaryl/α,β-unsaturated/α-hetero) is 1. The highest BCUT2D eigenvalue weighted by atomic mass is 16.6. The zero-order valence-electron chi connectivity index (χ0n) is 16.4. The average molecular weight is 383 g/mol. The van der Waals surface area contributed by atoms with Crippen LogP contribution in [0, 0.1) is 0 Å². The van der Waals surface area contributed by atoms with Gasteiger partial charge in [-0.2, -0.15) is 0 Å². The molecule has 0 aliphatic heterocycles. The molecule has 0 heterocycles. The van der Waals surface area contributed by atoms with Gasteiger partial charge < -0.3 is 14.8 Å². The number of anilines is 1.